The molecule has 0 aromatic carbocycles. The van der Waals surface area contributed by atoms with Crippen LogP contribution in [0.4, 0.5) is 0 Å². The van der Waals surface area contributed by atoms with Crippen LogP contribution in [0.5, 0.6) is 0 Å². The lowest BCUT2D eigenvalue weighted by atomic mass is 9.97. The van der Waals surface area contributed by atoms with Crippen LogP contribution in [0.15, 0.2) is 0 Å². The molecule has 2 amide bonds. The summed E-state index contributed by atoms with van der Waals surface area (Å²) in [7, 11) is 0. The molecule has 2 atom stereocenters. The first-order valence-electron chi connectivity index (χ1n) is 6.53. The number of carbonyl (C=O) groups is 2. The summed E-state index contributed by atoms with van der Waals surface area (Å²) >= 11 is 0. The smallest absolute Gasteiger partial charge is 0.245 e. The van der Waals surface area contributed by atoms with Crippen LogP contribution in [0, 0.1) is 18.3 Å². The molecule has 1 aliphatic heterocycles. The zero-order valence-electron chi connectivity index (χ0n) is 11.4. The van der Waals surface area contributed by atoms with E-state index >= 15 is 0 Å². The molecule has 100 valence electrons. The lowest BCUT2D eigenvalue weighted by Gasteiger charge is -2.40. The highest BCUT2D eigenvalue weighted by molar-refractivity contribution is 5.96. The van der Waals surface area contributed by atoms with E-state index in [1.807, 2.05) is 13.8 Å². The van der Waals surface area contributed by atoms with Gasteiger partial charge in [-0.15, -0.1) is 12.3 Å². The predicted octanol–water partition coefficient (Wildman–Crippen LogP) is 1.16. The third-order valence-corrected chi connectivity index (χ3v) is 3.22. The summed E-state index contributed by atoms with van der Waals surface area (Å²) in [5.41, 5.74) is 0. The summed E-state index contributed by atoms with van der Waals surface area (Å²) in [6.07, 6.45) is 7.65. The number of rotatable bonds is 5. The Balaban J connectivity index is 2.70. The van der Waals surface area contributed by atoms with E-state index in [0.29, 0.717) is 6.54 Å². The molecule has 0 bridgehead atoms. The summed E-state index contributed by atoms with van der Waals surface area (Å²) in [4.78, 5) is 25.8. The van der Waals surface area contributed by atoms with Crippen molar-refractivity contribution in [3.05, 3.63) is 0 Å². The molecule has 0 aromatic rings. The van der Waals surface area contributed by atoms with Crippen LogP contribution in [0.3, 0.4) is 0 Å². The van der Waals surface area contributed by atoms with E-state index in [9.17, 15) is 9.59 Å². The molecule has 0 saturated carbocycles. The summed E-state index contributed by atoms with van der Waals surface area (Å²) < 4.78 is 0. The van der Waals surface area contributed by atoms with Crippen LogP contribution in [0.1, 0.15) is 40.0 Å². The van der Waals surface area contributed by atoms with E-state index in [-0.39, 0.29) is 23.8 Å². The van der Waals surface area contributed by atoms with Gasteiger partial charge in [-0.1, -0.05) is 13.8 Å². The molecule has 0 aromatic heterocycles. The number of piperazine rings is 1. The molecule has 1 N–H and O–H groups in total. The molecule has 4 nitrogen and oxygen atoms in total. The van der Waals surface area contributed by atoms with Gasteiger partial charge >= 0.3 is 0 Å². The Kier molecular flexibility index (Phi) is 5.21. The summed E-state index contributed by atoms with van der Waals surface area (Å²) in [6, 6.07) is -0.764. The fraction of sp³-hybridized carbons (Fsp3) is 0.714. The van der Waals surface area contributed by atoms with Crippen LogP contribution in [-0.4, -0.2) is 35.3 Å². The van der Waals surface area contributed by atoms with Crippen LogP contribution in [-0.2, 0) is 9.59 Å². The number of hydrogen-bond donors (Lipinski definition) is 1. The first-order chi connectivity index (χ1) is 8.49. The number of nitrogens with one attached hydrogen (secondary N) is 1. The van der Waals surface area contributed by atoms with Crippen molar-refractivity contribution in [2.45, 2.75) is 52.1 Å². The quantitative estimate of drug-likeness (QED) is 0.588. The van der Waals surface area contributed by atoms with Gasteiger partial charge < -0.3 is 10.2 Å². The van der Waals surface area contributed by atoms with E-state index < -0.39 is 6.04 Å². The zero-order valence-corrected chi connectivity index (χ0v) is 11.4. The number of nitrogens with zero attached hydrogens (tertiary/aromatic N) is 1. The zero-order chi connectivity index (χ0) is 13.7. The third kappa shape index (κ3) is 3.25. The van der Waals surface area contributed by atoms with Crippen molar-refractivity contribution in [3.8, 4) is 12.3 Å². The monoisotopic (exact) mass is 250 g/mol. The number of terminal acetylenes is 1. The average molecular weight is 250 g/mol. The van der Waals surface area contributed by atoms with Crippen LogP contribution in [0.25, 0.3) is 0 Å². The molecule has 1 saturated heterocycles. The minimum atomic E-state index is -0.417. The lowest BCUT2D eigenvalue weighted by molar-refractivity contribution is -0.150. The minimum Gasteiger partial charge on any atom is -0.343 e. The maximum absolute atomic E-state index is 12.1. The van der Waals surface area contributed by atoms with Gasteiger partial charge in [0.1, 0.15) is 12.1 Å². The first-order valence-corrected chi connectivity index (χ1v) is 6.53. The SMILES string of the molecule is C#CCCCCN1C(=O)C(C)NC(=O)C1C(C)C. The van der Waals surface area contributed by atoms with E-state index in [0.717, 1.165) is 19.3 Å². The van der Waals surface area contributed by atoms with E-state index in [1.54, 1.807) is 11.8 Å². The maximum atomic E-state index is 12.1. The standard InChI is InChI=1S/C14H22N2O2/c1-5-6-7-8-9-16-12(10(2)3)13(17)15-11(4)14(16)18/h1,10-12H,6-9H2,2-4H3,(H,15,17). The second-order valence-corrected chi connectivity index (χ2v) is 5.11. The number of hydrogen-bond acceptors (Lipinski definition) is 2. The van der Waals surface area contributed by atoms with Gasteiger partial charge in [0.15, 0.2) is 0 Å². The van der Waals surface area contributed by atoms with Gasteiger partial charge in [-0.25, -0.2) is 0 Å². The summed E-state index contributed by atoms with van der Waals surface area (Å²) in [5.74, 6) is 2.67. The Morgan fingerprint density at radius 1 is 1.39 bits per heavy atom. The number of unbranched alkanes of at least 4 members (excludes halogenated alkanes) is 2. The average Bonchev–Trinajstić information content (AvgIpc) is 2.29. The Bertz CT molecular complexity index is 357. The van der Waals surface area contributed by atoms with Gasteiger partial charge in [-0.3, -0.25) is 9.59 Å². The van der Waals surface area contributed by atoms with Gasteiger partial charge in [-0.05, 0) is 25.7 Å². The highest BCUT2D eigenvalue weighted by atomic mass is 16.2. The normalized spacial score (nSPS) is 24.1. The van der Waals surface area contributed by atoms with E-state index in [1.165, 1.54) is 0 Å². The molecule has 1 heterocycles. The van der Waals surface area contributed by atoms with Gasteiger partial charge in [0.25, 0.3) is 0 Å². The fourth-order valence-electron chi connectivity index (χ4n) is 2.31. The fourth-order valence-corrected chi connectivity index (χ4v) is 2.31. The predicted molar refractivity (Wildman–Crippen MR) is 70.6 cm³/mol. The molecule has 0 aliphatic carbocycles. The molecule has 1 fully saturated rings. The first kappa shape index (κ1) is 14.6. The maximum Gasteiger partial charge on any atom is 0.245 e. The molecule has 4 heteroatoms. The van der Waals surface area contributed by atoms with Gasteiger partial charge in [0, 0.05) is 13.0 Å². The summed E-state index contributed by atoms with van der Waals surface area (Å²) in [6.45, 7) is 6.26. The number of carbonyl (C=O) groups excluding carboxylic acids is 2. The Labute approximate surface area is 109 Å². The molecule has 18 heavy (non-hydrogen) atoms. The topological polar surface area (TPSA) is 49.4 Å². The van der Waals surface area contributed by atoms with Gasteiger partial charge in [0.05, 0.1) is 0 Å². The third-order valence-electron chi connectivity index (χ3n) is 3.22. The summed E-state index contributed by atoms with van der Waals surface area (Å²) in [5, 5.41) is 2.73. The largest absolute Gasteiger partial charge is 0.343 e. The van der Waals surface area contributed by atoms with Crippen molar-refractivity contribution in [3.63, 3.8) is 0 Å². The Hall–Kier alpha value is -1.50. The Morgan fingerprint density at radius 2 is 2.06 bits per heavy atom. The van der Waals surface area contributed by atoms with Crippen molar-refractivity contribution in [1.29, 1.82) is 0 Å². The van der Waals surface area contributed by atoms with Crippen LogP contribution >= 0.6 is 0 Å². The van der Waals surface area contributed by atoms with Crippen molar-refractivity contribution < 1.29 is 9.59 Å². The second kappa shape index (κ2) is 6.44. The van der Waals surface area contributed by atoms with Gasteiger partial charge in [0.2, 0.25) is 11.8 Å². The minimum absolute atomic E-state index is 0.00834. The van der Waals surface area contributed by atoms with Crippen molar-refractivity contribution >= 4 is 11.8 Å². The second-order valence-electron chi connectivity index (χ2n) is 5.11. The molecule has 2 unspecified atom stereocenters. The molecular weight excluding hydrogens is 228 g/mol. The van der Waals surface area contributed by atoms with Crippen molar-refractivity contribution in [1.82, 2.24) is 10.2 Å². The van der Waals surface area contributed by atoms with Crippen LogP contribution in [0.2, 0.25) is 0 Å². The van der Waals surface area contributed by atoms with Crippen molar-refractivity contribution in [2.75, 3.05) is 6.54 Å². The van der Waals surface area contributed by atoms with E-state index in [2.05, 4.69) is 11.2 Å². The van der Waals surface area contributed by atoms with Gasteiger partial charge in [-0.2, -0.15) is 0 Å². The molecular formula is C14H22N2O2. The molecule has 1 aliphatic rings. The number of amides is 2. The molecule has 0 spiro atoms. The molecule has 0 radical (unpaired) electrons. The molecule has 1 rings (SSSR count). The highest BCUT2D eigenvalue weighted by Crippen LogP contribution is 2.18. The highest BCUT2D eigenvalue weighted by Gasteiger charge is 2.39. The van der Waals surface area contributed by atoms with Crippen LogP contribution < -0.4 is 5.32 Å². The Morgan fingerprint density at radius 3 is 2.61 bits per heavy atom. The van der Waals surface area contributed by atoms with E-state index in [4.69, 9.17) is 6.42 Å². The lowest BCUT2D eigenvalue weighted by Crippen LogP contribution is -2.64. The van der Waals surface area contributed by atoms with Crippen molar-refractivity contribution in [2.24, 2.45) is 5.92 Å².